The summed E-state index contributed by atoms with van der Waals surface area (Å²) >= 11 is 0. The molecule has 19 heavy (non-hydrogen) atoms. The number of hydrogen-bond donors (Lipinski definition) is 1. The number of nitrogens with zero attached hydrogens (tertiary/aromatic N) is 2. The number of carbonyl (C=O) groups excluding carboxylic acids is 1. The summed E-state index contributed by atoms with van der Waals surface area (Å²) in [6.07, 6.45) is 3.56. The average molecular weight is 257 g/mol. The highest BCUT2D eigenvalue weighted by molar-refractivity contribution is 5.95. The first kappa shape index (κ1) is 13.4. The van der Waals surface area contributed by atoms with Crippen molar-refractivity contribution in [2.75, 3.05) is 23.3 Å². The van der Waals surface area contributed by atoms with Crippen molar-refractivity contribution in [3.05, 3.63) is 23.8 Å². The van der Waals surface area contributed by atoms with E-state index < -0.39 is 0 Å². The molecule has 0 atom stereocenters. The molecule has 1 aliphatic rings. The summed E-state index contributed by atoms with van der Waals surface area (Å²) in [5.41, 5.74) is 2.99. The lowest BCUT2D eigenvalue weighted by Gasteiger charge is -2.30. The van der Waals surface area contributed by atoms with E-state index in [1.54, 1.807) is 0 Å². The Kier molecular flexibility index (Phi) is 4.40. The lowest BCUT2D eigenvalue weighted by Crippen LogP contribution is -2.30. The third kappa shape index (κ3) is 3.47. The van der Waals surface area contributed by atoms with Gasteiger partial charge < -0.3 is 10.2 Å². The molecule has 1 heterocycles. The van der Waals surface area contributed by atoms with Crippen LogP contribution in [0.25, 0.3) is 0 Å². The van der Waals surface area contributed by atoms with E-state index in [0.717, 1.165) is 30.0 Å². The maximum absolute atomic E-state index is 11.6. The topological polar surface area (TPSA) is 56.1 Å². The first-order valence-corrected chi connectivity index (χ1v) is 6.73. The van der Waals surface area contributed by atoms with E-state index in [1.165, 1.54) is 19.3 Å². The number of anilines is 2. The van der Waals surface area contributed by atoms with Gasteiger partial charge in [0, 0.05) is 13.1 Å². The zero-order valence-corrected chi connectivity index (χ0v) is 11.3. The minimum Gasteiger partial charge on any atom is -0.370 e. The maximum Gasteiger partial charge on any atom is 0.238 e. The van der Waals surface area contributed by atoms with Gasteiger partial charge in [-0.15, -0.1) is 0 Å². The Bertz CT molecular complexity index is 499. The highest BCUT2D eigenvalue weighted by Crippen LogP contribution is 2.29. The van der Waals surface area contributed by atoms with Crippen molar-refractivity contribution >= 4 is 17.3 Å². The van der Waals surface area contributed by atoms with Crippen molar-refractivity contribution in [2.45, 2.75) is 32.6 Å². The summed E-state index contributed by atoms with van der Waals surface area (Å²) in [5, 5.41) is 11.4. The molecule has 0 unspecified atom stereocenters. The van der Waals surface area contributed by atoms with E-state index in [2.05, 4.69) is 22.3 Å². The van der Waals surface area contributed by atoms with Crippen molar-refractivity contribution in [3.63, 3.8) is 0 Å². The van der Waals surface area contributed by atoms with Gasteiger partial charge in [-0.1, -0.05) is 6.07 Å². The van der Waals surface area contributed by atoms with Gasteiger partial charge in [0.1, 0.15) is 6.42 Å². The summed E-state index contributed by atoms with van der Waals surface area (Å²) in [7, 11) is 0. The van der Waals surface area contributed by atoms with Gasteiger partial charge in [0.25, 0.3) is 0 Å². The second-order valence-electron chi connectivity index (χ2n) is 4.95. The Hall–Kier alpha value is -2.02. The highest BCUT2D eigenvalue weighted by atomic mass is 16.1. The number of amides is 1. The molecule has 1 amide bonds. The van der Waals surface area contributed by atoms with Crippen LogP contribution in [0.15, 0.2) is 18.2 Å². The maximum atomic E-state index is 11.6. The van der Waals surface area contributed by atoms with Gasteiger partial charge in [0.15, 0.2) is 0 Å². The van der Waals surface area contributed by atoms with Gasteiger partial charge in [0.2, 0.25) is 5.91 Å². The Morgan fingerprint density at radius 1 is 1.37 bits per heavy atom. The van der Waals surface area contributed by atoms with E-state index >= 15 is 0 Å². The van der Waals surface area contributed by atoms with Crippen LogP contribution in [0, 0.1) is 18.3 Å². The fourth-order valence-electron chi connectivity index (χ4n) is 2.43. The SMILES string of the molecule is Cc1ccc(N2CCCCC2)c(NC(=O)CC#N)c1. The molecule has 0 bridgehead atoms. The predicted molar refractivity (Wildman–Crippen MR) is 76.1 cm³/mol. The summed E-state index contributed by atoms with van der Waals surface area (Å²) < 4.78 is 0. The molecule has 100 valence electrons. The van der Waals surface area contributed by atoms with Gasteiger partial charge >= 0.3 is 0 Å². The molecule has 0 aromatic heterocycles. The number of piperidine rings is 1. The molecule has 1 aliphatic heterocycles. The normalized spacial score (nSPS) is 14.8. The quantitative estimate of drug-likeness (QED) is 0.905. The van der Waals surface area contributed by atoms with Gasteiger partial charge in [-0.05, 0) is 43.9 Å². The van der Waals surface area contributed by atoms with Gasteiger partial charge in [0.05, 0.1) is 17.4 Å². The van der Waals surface area contributed by atoms with E-state index in [9.17, 15) is 4.79 Å². The van der Waals surface area contributed by atoms with Crippen molar-refractivity contribution in [1.82, 2.24) is 0 Å². The van der Waals surface area contributed by atoms with Gasteiger partial charge in [-0.25, -0.2) is 0 Å². The molecule has 0 radical (unpaired) electrons. The molecule has 2 rings (SSSR count). The molecule has 0 saturated carbocycles. The number of nitriles is 1. The van der Waals surface area contributed by atoms with Crippen LogP contribution < -0.4 is 10.2 Å². The summed E-state index contributed by atoms with van der Waals surface area (Å²) in [4.78, 5) is 13.9. The van der Waals surface area contributed by atoms with Gasteiger partial charge in [-0.2, -0.15) is 5.26 Å². The number of rotatable bonds is 3. The number of carbonyl (C=O) groups is 1. The molecule has 1 saturated heterocycles. The van der Waals surface area contributed by atoms with E-state index in [-0.39, 0.29) is 12.3 Å². The van der Waals surface area contributed by atoms with Crippen LogP contribution in [0.4, 0.5) is 11.4 Å². The van der Waals surface area contributed by atoms with Crippen molar-refractivity contribution < 1.29 is 4.79 Å². The number of nitrogens with one attached hydrogen (secondary N) is 1. The molecular weight excluding hydrogens is 238 g/mol. The number of benzene rings is 1. The lowest BCUT2D eigenvalue weighted by atomic mass is 10.1. The first-order chi connectivity index (χ1) is 9.20. The largest absolute Gasteiger partial charge is 0.370 e. The third-order valence-corrected chi connectivity index (χ3v) is 3.36. The average Bonchev–Trinajstić information content (AvgIpc) is 2.40. The van der Waals surface area contributed by atoms with Crippen LogP contribution in [0.3, 0.4) is 0 Å². The van der Waals surface area contributed by atoms with Crippen LogP contribution in [0.5, 0.6) is 0 Å². The highest BCUT2D eigenvalue weighted by Gasteiger charge is 2.15. The Labute approximate surface area is 114 Å². The Balaban J connectivity index is 2.22. The second kappa shape index (κ2) is 6.24. The van der Waals surface area contributed by atoms with Crippen LogP contribution in [-0.4, -0.2) is 19.0 Å². The van der Waals surface area contributed by atoms with Crippen molar-refractivity contribution in [1.29, 1.82) is 5.26 Å². The predicted octanol–water partition coefficient (Wildman–Crippen LogP) is 2.84. The summed E-state index contributed by atoms with van der Waals surface area (Å²) in [5.74, 6) is -0.244. The number of aryl methyl sites for hydroxylation is 1. The Morgan fingerprint density at radius 2 is 2.11 bits per heavy atom. The zero-order valence-electron chi connectivity index (χ0n) is 11.3. The van der Waals surface area contributed by atoms with Crippen LogP contribution >= 0.6 is 0 Å². The Morgan fingerprint density at radius 3 is 2.79 bits per heavy atom. The molecule has 4 nitrogen and oxygen atoms in total. The van der Waals surface area contributed by atoms with Crippen molar-refractivity contribution in [3.8, 4) is 6.07 Å². The third-order valence-electron chi connectivity index (χ3n) is 3.36. The second-order valence-corrected chi connectivity index (χ2v) is 4.95. The molecule has 1 aromatic carbocycles. The van der Waals surface area contributed by atoms with E-state index in [1.807, 2.05) is 19.1 Å². The smallest absolute Gasteiger partial charge is 0.238 e. The standard InChI is InChI=1S/C15H19N3O/c1-12-5-6-14(18-9-3-2-4-10-18)13(11-12)17-15(19)7-8-16/h5-6,11H,2-4,7,9-10H2,1H3,(H,17,19). The zero-order chi connectivity index (χ0) is 13.7. The summed E-state index contributed by atoms with van der Waals surface area (Å²) in [6.45, 7) is 4.06. The van der Waals surface area contributed by atoms with E-state index in [0.29, 0.717) is 0 Å². The van der Waals surface area contributed by atoms with E-state index in [4.69, 9.17) is 5.26 Å². The van der Waals surface area contributed by atoms with Crippen molar-refractivity contribution in [2.24, 2.45) is 0 Å². The fourth-order valence-corrected chi connectivity index (χ4v) is 2.43. The minimum atomic E-state index is -0.244. The monoisotopic (exact) mass is 257 g/mol. The molecule has 1 N–H and O–H groups in total. The van der Waals surface area contributed by atoms with Crippen LogP contribution in [0.1, 0.15) is 31.2 Å². The van der Waals surface area contributed by atoms with Gasteiger partial charge in [-0.3, -0.25) is 4.79 Å². The fraction of sp³-hybridized carbons (Fsp3) is 0.467. The first-order valence-electron chi connectivity index (χ1n) is 6.73. The van der Waals surface area contributed by atoms with Crippen LogP contribution in [-0.2, 0) is 4.79 Å². The molecule has 0 spiro atoms. The minimum absolute atomic E-state index is 0.104. The summed E-state index contributed by atoms with van der Waals surface area (Å²) in [6, 6.07) is 7.96. The molecular formula is C15H19N3O. The molecule has 4 heteroatoms. The molecule has 0 aliphatic carbocycles. The lowest BCUT2D eigenvalue weighted by molar-refractivity contribution is -0.115. The van der Waals surface area contributed by atoms with Crippen LogP contribution in [0.2, 0.25) is 0 Å². The molecule has 1 fully saturated rings. The molecule has 1 aromatic rings. The number of hydrogen-bond acceptors (Lipinski definition) is 3.